The van der Waals surface area contributed by atoms with Crippen molar-refractivity contribution in [3.8, 4) is 0 Å². The predicted octanol–water partition coefficient (Wildman–Crippen LogP) is 2.62. The molecule has 0 saturated carbocycles. The number of nitrogens with one attached hydrogen (secondary N) is 2. The maximum Gasteiger partial charge on any atom is 0.240 e. The molecule has 2 atom stereocenters. The zero-order chi connectivity index (χ0) is 14.9. The third-order valence-corrected chi connectivity index (χ3v) is 6.10. The van der Waals surface area contributed by atoms with E-state index in [0.29, 0.717) is 17.0 Å². The molecule has 2 aliphatic heterocycles. The minimum Gasteiger partial charge on any atom is -0.311 e. The molecule has 22 heavy (non-hydrogen) atoms. The lowest BCUT2D eigenvalue weighted by Crippen LogP contribution is -2.47. The van der Waals surface area contributed by atoms with E-state index in [1.807, 2.05) is 12.1 Å². The molecule has 6 heteroatoms. The Hall–Kier alpha value is -0.620. The molecule has 0 aliphatic carbocycles. The van der Waals surface area contributed by atoms with E-state index in [0.717, 1.165) is 25.7 Å². The van der Waals surface area contributed by atoms with Gasteiger partial charge in [0.25, 0.3) is 0 Å². The van der Waals surface area contributed by atoms with Gasteiger partial charge in [-0.15, -0.1) is 12.4 Å². The fourth-order valence-corrected chi connectivity index (χ4v) is 4.83. The predicted molar refractivity (Wildman–Crippen MR) is 91.0 cm³/mol. The van der Waals surface area contributed by atoms with E-state index in [2.05, 4.69) is 17.0 Å². The van der Waals surface area contributed by atoms with E-state index in [-0.39, 0.29) is 18.4 Å². The van der Waals surface area contributed by atoms with Crippen molar-refractivity contribution in [2.45, 2.75) is 68.5 Å². The third-order valence-electron chi connectivity index (χ3n) is 4.57. The fraction of sp³-hybridized carbons (Fsp3) is 0.625. The Labute approximate surface area is 139 Å². The van der Waals surface area contributed by atoms with Crippen molar-refractivity contribution in [1.29, 1.82) is 0 Å². The van der Waals surface area contributed by atoms with Crippen molar-refractivity contribution in [3.05, 3.63) is 29.8 Å². The van der Waals surface area contributed by atoms with Crippen LogP contribution in [0.3, 0.4) is 0 Å². The zero-order valence-corrected chi connectivity index (χ0v) is 14.6. The van der Waals surface area contributed by atoms with Crippen molar-refractivity contribution in [3.63, 3.8) is 0 Å². The molecule has 1 aromatic carbocycles. The number of aryl methyl sites for hydroxylation is 1. The van der Waals surface area contributed by atoms with Crippen LogP contribution in [0.15, 0.2) is 29.2 Å². The summed E-state index contributed by atoms with van der Waals surface area (Å²) in [5.74, 6) is 0. The molecule has 2 saturated heterocycles. The molecule has 3 rings (SSSR count). The minimum absolute atomic E-state index is 0. The summed E-state index contributed by atoms with van der Waals surface area (Å²) in [5.41, 5.74) is 1.19. The molecule has 2 heterocycles. The number of hydrogen-bond acceptors (Lipinski definition) is 3. The molecule has 4 nitrogen and oxygen atoms in total. The van der Waals surface area contributed by atoms with Crippen LogP contribution in [0.2, 0.25) is 0 Å². The number of piperidine rings is 1. The van der Waals surface area contributed by atoms with Gasteiger partial charge in [-0.3, -0.25) is 0 Å². The molecule has 0 aromatic heterocycles. The SMILES string of the molecule is CCCc1ccc(S(=O)(=O)NC2CC3CCC(C2)N3)cc1.Cl. The average Bonchev–Trinajstić information content (AvgIpc) is 2.78. The Morgan fingerprint density at radius 3 is 2.27 bits per heavy atom. The summed E-state index contributed by atoms with van der Waals surface area (Å²) in [6, 6.07) is 8.34. The summed E-state index contributed by atoms with van der Waals surface area (Å²) >= 11 is 0. The molecule has 2 aliphatic rings. The lowest BCUT2D eigenvalue weighted by Gasteiger charge is -2.29. The van der Waals surface area contributed by atoms with E-state index < -0.39 is 10.0 Å². The maximum atomic E-state index is 12.5. The quantitative estimate of drug-likeness (QED) is 0.863. The molecule has 0 spiro atoms. The largest absolute Gasteiger partial charge is 0.311 e. The van der Waals surface area contributed by atoms with E-state index >= 15 is 0 Å². The van der Waals surface area contributed by atoms with Gasteiger partial charge in [0.2, 0.25) is 10.0 Å². The lowest BCUT2D eigenvalue weighted by molar-refractivity contribution is 0.345. The van der Waals surface area contributed by atoms with Gasteiger partial charge in [0.15, 0.2) is 0 Å². The Morgan fingerprint density at radius 1 is 1.14 bits per heavy atom. The molecule has 1 aromatic rings. The second-order valence-electron chi connectivity index (χ2n) is 6.32. The molecule has 0 amide bonds. The van der Waals surface area contributed by atoms with Gasteiger partial charge >= 0.3 is 0 Å². The van der Waals surface area contributed by atoms with Crippen LogP contribution in [0.25, 0.3) is 0 Å². The highest BCUT2D eigenvalue weighted by atomic mass is 35.5. The van der Waals surface area contributed by atoms with E-state index in [1.54, 1.807) is 12.1 Å². The Kier molecular flexibility index (Phi) is 5.88. The summed E-state index contributed by atoms with van der Waals surface area (Å²) in [6.07, 6.45) is 6.23. The van der Waals surface area contributed by atoms with Crippen LogP contribution in [-0.2, 0) is 16.4 Å². The van der Waals surface area contributed by atoms with E-state index in [4.69, 9.17) is 0 Å². The standard InChI is InChI=1S/C16H24N2O2S.ClH/c1-2-3-12-4-8-16(9-5-12)21(19,20)18-15-10-13-6-7-14(11-15)17-13;/h4-5,8-9,13-15,17-18H,2-3,6-7,10-11H2,1H3;1H. The van der Waals surface area contributed by atoms with Gasteiger partial charge in [0.1, 0.15) is 0 Å². The topological polar surface area (TPSA) is 58.2 Å². The lowest BCUT2D eigenvalue weighted by atomic mass is 10.0. The average molecular weight is 345 g/mol. The van der Waals surface area contributed by atoms with Crippen LogP contribution >= 0.6 is 12.4 Å². The smallest absolute Gasteiger partial charge is 0.240 e. The highest BCUT2D eigenvalue weighted by Gasteiger charge is 2.35. The zero-order valence-electron chi connectivity index (χ0n) is 12.9. The molecule has 2 fully saturated rings. The Bertz CT molecular complexity index is 577. The van der Waals surface area contributed by atoms with Gasteiger partial charge in [-0.25, -0.2) is 13.1 Å². The molecule has 2 N–H and O–H groups in total. The van der Waals surface area contributed by atoms with Crippen molar-refractivity contribution < 1.29 is 8.42 Å². The second kappa shape index (κ2) is 7.30. The fourth-order valence-electron chi connectivity index (χ4n) is 3.56. The maximum absolute atomic E-state index is 12.5. The first-order chi connectivity index (χ1) is 10.1. The van der Waals surface area contributed by atoms with Crippen LogP contribution in [0.5, 0.6) is 0 Å². The van der Waals surface area contributed by atoms with Crippen LogP contribution in [0.1, 0.15) is 44.6 Å². The van der Waals surface area contributed by atoms with Gasteiger partial charge in [0, 0.05) is 18.1 Å². The highest BCUT2D eigenvalue weighted by Crippen LogP contribution is 2.27. The first-order valence-corrected chi connectivity index (χ1v) is 9.42. The highest BCUT2D eigenvalue weighted by molar-refractivity contribution is 7.89. The number of sulfonamides is 1. The van der Waals surface area contributed by atoms with Crippen molar-refractivity contribution in [2.75, 3.05) is 0 Å². The van der Waals surface area contributed by atoms with E-state index in [9.17, 15) is 8.42 Å². The Morgan fingerprint density at radius 2 is 1.73 bits per heavy atom. The summed E-state index contributed by atoms with van der Waals surface area (Å²) in [4.78, 5) is 0.383. The Balaban J connectivity index is 0.00000176. The van der Waals surface area contributed by atoms with Gasteiger partial charge in [-0.05, 0) is 49.8 Å². The van der Waals surface area contributed by atoms with Crippen molar-refractivity contribution in [1.82, 2.24) is 10.0 Å². The van der Waals surface area contributed by atoms with Crippen LogP contribution in [-0.4, -0.2) is 26.5 Å². The van der Waals surface area contributed by atoms with Crippen LogP contribution < -0.4 is 10.0 Å². The number of halogens is 1. The molecule has 0 radical (unpaired) electrons. The van der Waals surface area contributed by atoms with Gasteiger partial charge in [0.05, 0.1) is 4.90 Å². The summed E-state index contributed by atoms with van der Waals surface area (Å²) in [6.45, 7) is 2.12. The number of benzene rings is 1. The minimum atomic E-state index is -3.39. The molecule has 124 valence electrons. The van der Waals surface area contributed by atoms with Gasteiger partial charge in [-0.2, -0.15) is 0 Å². The van der Waals surface area contributed by atoms with E-state index in [1.165, 1.54) is 18.4 Å². The summed E-state index contributed by atoms with van der Waals surface area (Å²) < 4.78 is 27.8. The third kappa shape index (κ3) is 4.02. The summed E-state index contributed by atoms with van der Waals surface area (Å²) in [5, 5.41) is 3.53. The number of rotatable bonds is 5. The van der Waals surface area contributed by atoms with Gasteiger partial charge < -0.3 is 5.32 Å². The number of hydrogen-bond donors (Lipinski definition) is 2. The number of fused-ring (bicyclic) bond motifs is 2. The van der Waals surface area contributed by atoms with Gasteiger partial charge in [-0.1, -0.05) is 25.5 Å². The molecule has 2 unspecified atom stereocenters. The normalized spacial score (nSPS) is 27.4. The van der Waals surface area contributed by atoms with Crippen molar-refractivity contribution in [2.24, 2.45) is 0 Å². The van der Waals surface area contributed by atoms with Crippen LogP contribution in [0, 0.1) is 0 Å². The van der Waals surface area contributed by atoms with Crippen LogP contribution in [0.4, 0.5) is 0 Å². The molecular formula is C16H25ClN2O2S. The first kappa shape index (κ1) is 17.7. The molecular weight excluding hydrogens is 320 g/mol. The summed E-state index contributed by atoms with van der Waals surface area (Å²) in [7, 11) is -3.39. The second-order valence-corrected chi connectivity index (χ2v) is 8.04. The monoisotopic (exact) mass is 344 g/mol. The first-order valence-electron chi connectivity index (χ1n) is 7.94. The molecule has 2 bridgehead atoms. The van der Waals surface area contributed by atoms with Crippen molar-refractivity contribution >= 4 is 22.4 Å².